The van der Waals surface area contributed by atoms with Gasteiger partial charge in [-0.15, -0.1) is 10.2 Å². The molecule has 3 aromatic rings. The van der Waals surface area contributed by atoms with Crippen LogP contribution in [0.5, 0.6) is 0 Å². The Bertz CT molecular complexity index is 863. The van der Waals surface area contributed by atoms with Crippen LogP contribution in [0.3, 0.4) is 0 Å². The third kappa shape index (κ3) is 3.88. The lowest BCUT2D eigenvalue weighted by molar-refractivity contribution is 0.102. The summed E-state index contributed by atoms with van der Waals surface area (Å²) < 4.78 is 2.83. The number of hydrogen-bond donors (Lipinski definition) is 0. The zero-order chi connectivity index (χ0) is 17.1. The van der Waals surface area contributed by atoms with Gasteiger partial charge in [-0.25, -0.2) is 0 Å². The van der Waals surface area contributed by atoms with Crippen LogP contribution in [0.2, 0.25) is 5.02 Å². The molecule has 1 heterocycles. The lowest BCUT2D eigenvalue weighted by atomic mass is 10.2. The number of carbonyl (C=O) groups excluding carboxylic acids is 1. The van der Waals surface area contributed by atoms with Crippen molar-refractivity contribution < 1.29 is 4.79 Å². The van der Waals surface area contributed by atoms with Crippen molar-refractivity contribution >= 4 is 45.1 Å². The van der Waals surface area contributed by atoms with Crippen LogP contribution in [0, 0.1) is 0 Å². The second kappa shape index (κ2) is 7.51. The Balaban J connectivity index is 1.71. The van der Waals surface area contributed by atoms with Crippen molar-refractivity contribution in [1.29, 1.82) is 0 Å². The summed E-state index contributed by atoms with van der Waals surface area (Å²) in [5, 5.41) is 9.76. The zero-order valence-electron chi connectivity index (χ0n) is 12.7. The van der Waals surface area contributed by atoms with E-state index in [9.17, 15) is 4.79 Å². The van der Waals surface area contributed by atoms with E-state index in [1.807, 2.05) is 60.1 Å². The second-order valence-electron chi connectivity index (χ2n) is 5.09. The smallest absolute Gasteiger partial charge is 0.191 e. The maximum absolute atomic E-state index is 12.2. The van der Waals surface area contributed by atoms with Gasteiger partial charge in [0.2, 0.25) is 0 Å². The number of Topliss-reactive ketones (excluding diaryl/α,β-unsaturated/α-hetero) is 1. The van der Waals surface area contributed by atoms with Gasteiger partial charge in [-0.1, -0.05) is 51.4 Å². The highest BCUT2D eigenvalue weighted by Gasteiger charge is 2.13. The van der Waals surface area contributed by atoms with E-state index in [2.05, 4.69) is 26.1 Å². The molecule has 0 N–H and O–H groups in total. The molecule has 0 fully saturated rings. The summed E-state index contributed by atoms with van der Waals surface area (Å²) in [4.78, 5) is 12.2. The summed E-state index contributed by atoms with van der Waals surface area (Å²) in [6, 6.07) is 14.8. The van der Waals surface area contributed by atoms with E-state index in [4.69, 9.17) is 11.6 Å². The molecule has 3 rings (SSSR count). The molecule has 4 nitrogen and oxygen atoms in total. The minimum absolute atomic E-state index is 0.0588. The number of thioether (sulfide) groups is 1. The normalized spacial score (nSPS) is 10.8. The van der Waals surface area contributed by atoms with Crippen LogP contribution in [-0.4, -0.2) is 26.3 Å². The van der Waals surface area contributed by atoms with Gasteiger partial charge < -0.3 is 4.57 Å². The Kier molecular flexibility index (Phi) is 5.38. The van der Waals surface area contributed by atoms with Crippen molar-refractivity contribution in [1.82, 2.24) is 14.8 Å². The van der Waals surface area contributed by atoms with E-state index >= 15 is 0 Å². The summed E-state index contributed by atoms with van der Waals surface area (Å²) >= 11 is 10.6. The molecule has 24 heavy (non-hydrogen) atoms. The number of hydrogen-bond acceptors (Lipinski definition) is 4. The molecule has 0 spiro atoms. The van der Waals surface area contributed by atoms with Crippen molar-refractivity contribution in [3.8, 4) is 11.4 Å². The molecular weight excluding hydrogens is 410 g/mol. The molecule has 0 radical (unpaired) electrons. The average molecular weight is 423 g/mol. The molecule has 2 aromatic carbocycles. The van der Waals surface area contributed by atoms with E-state index in [-0.39, 0.29) is 5.78 Å². The van der Waals surface area contributed by atoms with E-state index < -0.39 is 0 Å². The topological polar surface area (TPSA) is 47.8 Å². The molecule has 0 atom stereocenters. The number of ketones is 1. The quantitative estimate of drug-likeness (QED) is 0.434. The number of halogens is 2. The molecule has 122 valence electrons. The first-order chi connectivity index (χ1) is 11.5. The minimum atomic E-state index is 0.0588. The van der Waals surface area contributed by atoms with Gasteiger partial charge in [0.1, 0.15) is 0 Å². The predicted molar refractivity (Wildman–Crippen MR) is 101 cm³/mol. The molecule has 0 amide bonds. The standard InChI is InChI=1S/C17H13BrClN3OS/c1-22-16(12-4-8-14(19)9-5-12)20-21-17(22)24-10-15(23)11-2-6-13(18)7-3-11/h2-9H,10H2,1H3. The Morgan fingerprint density at radius 1 is 1.12 bits per heavy atom. The first-order valence-electron chi connectivity index (χ1n) is 7.11. The fourth-order valence-electron chi connectivity index (χ4n) is 2.14. The maximum Gasteiger partial charge on any atom is 0.191 e. The average Bonchev–Trinajstić information content (AvgIpc) is 2.95. The molecule has 0 aliphatic heterocycles. The van der Waals surface area contributed by atoms with Gasteiger partial charge in [-0.3, -0.25) is 4.79 Å². The van der Waals surface area contributed by atoms with E-state index in [0.717, 1.165) is 15.9 Å². The fourth-order valence-corrected chi connectivity index (χ4v) is 3.34. The van der Waals surface area contributed by atoms with E-state index in [1.165, 1.54) is 11.8 Å². The lowest BCUT2D eigenvalue weighted by Gasteiger charge is -2.04. The van der Waals surface area contributed by atoms with Gasteiger partial charge in [0, 0.05) is 27.7 Å². The SMILES string of the molecule is Cn1c(SCC(=O)c2ccc(Br)cc2)nnc1-c1ccc(Cl)cc1. The summed E-state index contributed by atoms with van der Waals surface area (Å²) in [5.74, 6) is 1.11. The molecule has 1 aromatic heterocycles. The van der Waals surface area contributed by atoms with Crippen molar-refractivity contribution in [2.24, 2.45) is 7.05 Å². The Labute approximate surface area is 157 Å². The maximum atomic E-state index is 12.2. The molecule has 0 saturated heterocycles. The highest BCUT2D eigenvalue weighted by atomic mass is 79.9. The molecule has 0 aliphatic rings. The molecule has 7 heteroatoms. The van der Waals surface area contributed by atoms with Gasteiger partial charge in [-0.05, 0) is 36.4 Å². The van der Waals surface area contributed by atoms with Gasteiger partial charge in [0.25, 0.3) is 0 Å². The van der Waals surface area contributed by atoms with Crippen LogP contribution >= 0.6 is 39.3 Å². The molecular formula is C17H13BrClN3OS. The Morgan fingerprint density at radius 3 is 2.46 bits per heavy atom. The Hall–Kier alpha value is -1.63. The highest BCUT2D eigenvalue weighted by Crippen LogP contribution is 2.24. The molecule has 0 aliphatic carbocycles. The Morgan fingerprint density at radius 2 is 1.79 bits per heavy atom. The van der Waals surface area contributed by atoms with Gasteiger partial charge >= 0.3 is 0 Å². The first kappa shape index (κ1) is 17.2. The van der Waals surface area contributed by atoms with Crippen LogP contribution in [0.15, 0.2) is 58.2 Å². The van der Waals surface area contributed by atoms with Crippen molar-refractivity contribution in [3.63, 3.8) is 0 Å². The molecule has 0 bridgehead atoms. The number of rotatable bonds is 5. The van der Waals surface area contributed by atoms with Crippen LogP contribution in [-0.2, 0) is 7.05 Å². The van der Waals surface area contributed by atoms with Crippen molar-refractivity contribution in [2.45, 2.75) is 5.16 Å². The van der Waals surface area contributed by atoms with Gasteiger partial charge in [-0.2, -0.15) is 0 Å². The number of carbonyl (C=O) groups is 1. The van der Waals surface area contributed by atoms with E-state index in [1.54, 1.807) is 0 Å². The number of benzene rings is 2. The zero-order valence-corrected chi connectivity index (χ0v) is 15.9. The summed E-state index contributed by atoms with van der Waals surface area (Å²) in [6.45, 7) is 0. The van der Waals surface area contributed by atoms with Crippen molar-refractivity contribution in [2.75, 3.05) is 5.75 Å². The molecule has 0 unspecified atom stereocenters. The number of nitrogens with zero attached hydrogens (tertiary/aromatic N) is 3. The second-order valence-corrected chi connectivity index (χ2v) is 7.39. The largest absolute Gasteiger partial charge is 0.305 e. The monoisotopic (exact) mass is 421 g/mol. The highest BCUT2D eigenvalue weighted by molar-refractivity contribution is 9.10. The third-order valence-electron chi connectivity index (χ3n) is 3.44. The van der Waals surface area contributed by atoms with Crippen molar-refractivity contribution in [3.05, 3.63) is 63.6 Å². The van der Waals surface area contributed by atoms with Crippen LogP contribution in [0.1, 0.15) is 10.4 Å². The van der Waals surface area contributed by atoms with Gasteiger partial charge in [0.05, 0.1) is 5.75 Å². The number of aromatic nitrogens is 3. The molecule has 0 saturated carbocycles. The first-order valence-corrected chi connectivity index (χ1v) is 9.27. The fraction of sp³-hybridized carbons (Fsp3) is 0.118. The summed E-state index contributed by atoms with van der Waals surface area (Å²) in [6.07, 6.45) is 0. The summed E-state index contributed by atoms with van der Waals surface area (Å²) in [5.41, 5.74) is 1.62. The van der Waals surface area contributed by atoms with E-state index in [0.29, 0.717) is 21.5 Å². The minimum Gasteiger partial charge on any atom is -0.305 e. The third-order valence-corrected chi connectivity index (χ3v) is 5.24. The summed E-state index contributed by atoms with van der Waals surface area (Å²) in [7, 11) is 1.89. The van der Waals surface area contributed by atoms with Gasteiger partial charge in [0.15, 0.2) is 16.8 Å². The lowest BCUT2D eigenvalue weighted by Crippen LogP contribution is -2.03. The van der Waals surface area contributed by atoms with Crippen LogP contribution < -0.4 is 0 Å². The van der Waals surface area contributed by atoms with Crippen LogP contribution in [0.25, 0.3) is 11.4 Å². The predicted octanol–water partition coefficient (Wildman–Crippen LogP) is 4.87. The van der Waals surface area contributed by atoms with Crippen LogP contribution in [0.4, 0.5) is 0 Å².